The summed E-state index contributed by atoms with van der Waals surface area (Å²) in [4.78, 5) is 4.08. The summed E-state index contributed by atoms with van der Waals surface area (Å²) in [5.41, 5.74) is 5.25. The van der Waals surface area contributed by atoms with Crippen LogP contribution >= 0.6 is 11.8 Å². The maximum absolute atomic E-state index is 11.7. The van der Waals surface area contributed by atoms with E-state index in [-0.39, 0.29) is 0 Å². The first-order valence-electron chi connectivity index (χ1n) is 2.85. The number of aromatic nitrogens is 1. The highest BCUT2D eigenvalue weighted by molar-refractivity contribution is 7.99. The molecule has 0 unspecified atom stereocenters. The van der Waals surface area contributed by atoms with Crippen LogP contribution in [0.4, 0.5) is 14.6 Å². The van der Waals surface area contributed by atoms with E-state index in [1.807, 2.05) is 0 Å². The minimum atomic E-state index is -2.40. The highest BCUT2D eigenvalue weighted by Gasteiger charge is 2.04. The molecule has 0 amide bonds. The highest BCUT2D eigenvalue weighted by Crippen LogP contribution is 2.24. The first kappa shape index (κ1) is 8.26. The van der Waals surface area contributed by atoms with E-state index >= 15 is 0 Å². The molecule has 0 saturated heterocycles. The molecule has 5 heteroatoms. The molecule has 2 nitrogen and oxygen atoms in total. The monoisotopic (exact) mass is 176 g/mol. The summed E-state index contributed by atoms with van der Waals surface area (Å²) in [5, 5.41) is 0. The molecular weight excluding hydrogens is 170 g/mol. The first-order chi connectivity index (χ1) is 5.18. The molecule has 0 aromatic carbocycles. The zero-order valence-corrected chi connectivity index (χ0v) is 6.31. The first-order valence-corrected chi connectivity index (χ1v) is 3.73. The van der Waals surface area contributed by atoms with Gasteiger partial charge in [-0.3, -0.25) is 0 Å². The predicted molar refractivity (Wildman–Crippen MR) is 40.5 cm³/mol. The molecule has 0 bridgehead atoms. The Labute approximate surface area is 66.8 Å². The van der Waals surface area contributed by atoms with Crippen LogP contribution in [0.1, 0.15) is 0 Å². The number of halogens is 2. The van der Waals surface area contributed by atoms with Crippen LogP contribution in [0.5, 0.6) is 0 Å². The van der Waals surface area contributed by atoms with Crippen molar-refractivity contribution < 1.29 is 8.78 Å². The summed E-state index contributed by atoms with van der Waals surface area (Å²) in [6, 6.07) is 3.00. The van der Waals surface area contributed by atoms with Crippen LogP contribution in [0.15, 0.2) is 23.2 Å². The van der Waals surface area contributed by atoms with Gasteiger partial charge in [0.05, 0.1) is 0 Å². The molecular formula is C6H6F2N2S. The molecule has 1 heterocycles. The molecule has 1 rings (SSSR count). The van der Waals surface area contributed by atoms with Crippen molar-refractivity contribution in [3.05, 3.63) is 18.3 Å². The molecule has 0 saturated carbocycles. The summed E-state index contributed by atoms with van der Waals surface area (Å²) >= 11 is 0.456. The van der Waals surface area contributed by atoms with E-state index in [9.17, 15) is 8.78 Å². The van der Waals surface area contributed by atoms with Gasteiger partial charge in [0.1, 0.15) is 5.82 Å². The Bertz CT molecular complexity index is 225. The molecule has 0 aliphatic rings. The summed E-state index contributed by atoms with van der Waals surface area (Å²) < 4.78 is 23.4. The Kier molecular flexibility index (Phi) is 2.64. The highest BCUT2D eigenvalue weighted by atomic mass is 32.2. The average molecular weight is 176 g/mol. The van der Waals surface area contributed by atoms with Crippen LogP contribution in [-0.4, -0.2) is 10.7 Å². The number of hydrogen-bond acceptors (Lipinski definition) is 3. The van der Waals surface area contributed by atoms with Crippen LogP contribution in [0, 0.1) is 0 Å². The predicted octanol–water partition coefficient (Wildman–Crippen LogP) is 1.98. The van der Waals surface area contributed by atoms with Crippen molar-refractivity contribution in [2.24, 2.45) is 0 Å². The maximum atomic E-state index is 11.7. The fraction of sp³-hybridized carbons (Fsp3) is 0.167. The van der Waals surface area contributed by atoms with Gasteiger partial charge in [-0.05, 0) is 12.1 Å². The fourth-order valence-corrected chi connectivity index (χ4v) is 1.03. The lowest BCUT2D eigenvalue weighted by Crippen LogP contribution is -1.89. The second kappa shape index (κ2) is 3.52. The van der Waals surface area contributed by atoms with Gasteiger partial charge in [-0.15, -0.1) is 0 Å². The van der Waals surface area contributed by atoms with E-state index in [2.05, 4.69) is 4.98 Å². The number of thioether (sulfide) groups is 1. The van der Waals surface area contributed by atoms with Crippen LogP contribution in [0.25, 0.3) is 0 Å². The number of alkyl halides is 2. The Hall–Kier alpha value is -0.840. The molecule has 0 aliphatic heterocycles. The quantitative estimate of drug-likeness (QED) is 0.700. The minimum Gasteiger partial charge on any atom is -0.384 e. The van der Waals surface area contributed by atoms with Gasteiger partial charge >= 0.3 is 0 Å². The summed E-state index contributed by atoms with van der Waals surface area (Å²) in [7, 11) is 0. The van der Waals surface area contributed by atoms with Crippen LogP contribution < -0.4 is 5.73 Å². The normalized spacial score (nSPS) is 10.5. The second-order valence-corrected chi connectivity index (χ2v) is 2.86. The summed E-state index contributed by atoms with van der Waals surface area (Å²) in [6.07, 6.45) is 1.33. The lowest BCUT2D eigenvalue weighted by molar-refractivity contribution is 0.252. The number of anilines is 1. The van der Waals surface area contributed by atoms with Crippen LogP contribution in [0.3, 0.4) is 0 Å². The van der Waals surface area contributed by atoms with E-state index in [1.54, 1.807) is 0 Å². The molecule has 60 valence electrons. The van der Waals surface area contributed by atoms with E-state index in [0.29, 0.717) is 22.5 Å². The standard InChI is InChI=1S/C6H6F2N2S/c7-6(8)11-4-1-2-5(9)10-3-4/h1-3,6H,(H2,9,10). The molecule has 0 spiro atoms. The SMILES string of the molecule is Nc1ccc(SC(F)F)cn1. The Morgan fingerprint density at radius 1 is 1.45 bits per heavy atom. The van der Waals surface area contributed by atoms with Crippen molar-refractivity contribution in [3.63, 3.8) is 0 Å². The summed E-state index contributed by atoms with van der Waals surface area (Å²) in [5.74, 6) is -2.07. The van der Waals surface area contributed by atoms with Gasteiger partial charge in [0.15, 0.2) is 0 Å². The smallest absolute Gasteiger partial charge is 0.288 e. The molecule has 0 radical (unpaired) electrons. The lowest BCUT2D eigenvalue weighted by Gasteiger charge is -1.98. The molecule has 1 aromatic heterocycles. The van der Waals surface area contributed by atoms with Gasteiger partial charge < -0.3 is 5.73 Å². The van der Waals surface area contributed by atoms with Crippen molar-refractivity contribution in [2.75, 3.05) is 5.73 Å². The van der Waals surface area contributed by atoms with Crippen LogP contribution in [0.2, 0.25) is 0 Å². The van der Waals surface area contributed by atoms with Crippen molar-refractivity contribution >= 4 is 17.6 Å². The van der Waals surface area contributed by atoms with E-state index in [0.717, 1.165) is 0 Å². The molecule has 2 N–H and O–H groups in total. The Morgan fingerprint density at radius 2 is 2.18 bits per heavy atom. The molecule has 0 aliphatic carbocycles. The van der Waals surface area contributed by atoms with E-state index < -0.39 is 5.76 Å². The average Bonchev–Trinajstić information content (AvgIpc) is 1.93. The van der Waals surface area contributed by atoms with Crippen molar-refractivity contribution in [1.29, 1.82) is 0 Å². The number of nitrogens with two attached hydrogens (primary N) is 1. The van der Waals surface area contributed by atoms with Crippen molar-refractivity contribution in [1.82, 2.24) is 4.98 Å². The van der Waals surface area contributed by atoms with Gasteiger partial charge in [-0.1, -0.05) is 11.8 Å². The minimum absolute atomic E-state index is 0.337. The van der Waals surface area contributed by atoms with Gasteiger partial charge in [0.25, 0.3) is 5.76 Å². The lowest BCUT2D eigenvalue weighted by atomic mass is 10.5. The molecule has 0 fully saturated rings. The zero-order chi connectivity index (χ0) is 8.27. The molecule has 11 heavy (non-hydrogen) atoms. The summed E-state index contributed by atoms with van der Waals surface area (Å²) in [6.45, 7) is 0. The number of nitrogens with zero attached hydrogens (tertiary/aromatic N) is 1. The van der Waals surface area contributed by atoms with Crippen molar-refractivity contribution in [3.8, 4) is 0 Å². The fourth-order valence-electron chi connectivity index (χ4n) is 0.564. The number of pyridine rings is 1. The Morgan fingerprint density at radius 3 is 2.64 bits per heavy atom. The van der Waals surface area contributed by atoms with E-state index in [1.165, 1.54) is 18.3 Å². The number of rotatable bonds is 2. The van der Waals surface area contributed by atoms with Gasteiger partial charge in [0, 0.05) is 11.1 Å². The molecule has 1 aromatic rings. The maximum Gasteiger partial charge on any atom is 0.288 e. The number of hydrogen-bond donors (Lipinski definition) is 1. The zero-order valence-electron chi connectivity index (χ0n) is 5.50. The van der Waals surface area contributed by atoms with Crippen LogP contribution in [-0.2, 0) is 0 Å². The van der Waals surface area contributed by atoms with E-state index in [4.69, 9.17) is 5.73 Å². The second-order valence-electron chi connectivity index (χ2n) is 1.80. The van der Waals surface area contributed by atoms with Crippen molar-refractivity contribution in [2.45, 2.75) is 10.7 Å². The molecule has 0 atom stereocenters. The van der Waals surface area contributed by atoms with Gasteiger partial charge in [-0.25, -0.2) is 4.98 Å². The number of nitrogen functional groups attached to an aromatic ring is 1. The van der Waals surface area contributed by atoms with Gasteiger partial charge in [0.2, 0.25) is 0 Å². The van der Waals surface area contributed by atoms with Gasteiger partial charge in [-0.2, -0.15) is 8.78 Å². The third-order valence-corrected chi connectivity index (χ3v) is 1.68. The largest absolute Gasteiger partial charge is 0.384 e. The Balaban J connectivity index is 2.66. The topological polar surface area (TPSA) is 38.9 Å². The third kappa shape index (κ3) is 2.71. The third-order valence-electron chi connectivity index (χ3n) is 0.984.